The van der Waals surface area contributed by atoms with Crippen molar-refractivity contribution in [3.8, 4) is 17.1 Å². The Morgan fingerprint density at radius 1 is 0.941 bits per heavy atom. The van der Waals surface area contributed by atoms with Gasteiger partial charge in [0.2, 0.25) is 0 Å². The second-order valence-corrected chi connectivity index (χ2v) is 4.20. The van der Waals surface area contributed by atoms with E-state index in [0.29, 0.717) is 0 Å². The fraction of sp³-hybridized carbons (Fsp3) is 0.0667. The van der Waals surface area contributed by atoms with E-state index in [1.807, 2.05) is 30.3 Å². The van der Waals surface area contributed by atoms with Gasteiger partial charge in [-0.3, -0.25) is 0 Å². The normalized spacial score (nSPS) is 10.9. The number of aromatic hydroxyl groups is 1. The summed E-state index contributed by atoms with van der Waals surface area (Å²) in [4.78, 5) is 0. The van der Waals surface area contributed by atoms with E-state index in [4.69, 9.17) is 4.42 Å². The molecule has 0 aliphatic rings. The van der Waals surface area contributed by atoms with E-state index in [0.717, 1.165) is 22.3 Å². The lowest BCUT2D eigenvalue weighted by molar-refractivity contribution is 0.475. The first-order valence-electron chi connectivity index (χ1n) is 5.52. The van der Waals surface area contributed by atoms with Crippen LogP contribution in [0.5, 0.6) is 5.75 Å². The van der Waals surface area contributed by atoms with Crippen LogP contribution in [0.2, 0.25) is 0 Å². The van der Waals surface area contributed by atoms with E-state index in [2.05, 4.69) is 13.0 Å². The van der Waals surface area contributed by atoms with Crippen molar-refractivity contribution in [1.29, 1.82) is 0 Å². The number of furan rings is 1. The van der Waals surface area contributed by atoms with Gasteiger partial charge in [-0.1, -0.05) is 11.6 Å². The highest BCUT2D eigenvalue weighted by Crippen LogP contribution is 2.29. The monoisotopic (exact) mass is 224 g/mol. The minimum atomic E-state index is 0.265. The molecule has 0 aliphatic carbocycles. The largest absolute Gasteiger partial charge is 0.508 e. The highest BCUT2D eigenvalue weighted by molar-refractivity contribution is 5.83. The van der Waals surface area contributed by atoms with E-state index in [9.17, 15) is 5.11 Å². The minimum absolute atomic E-state index is 0.265. The van der Waals surface area contributed by atoms with Crippen molar-refractivity contribution in [2.45, 2.75) is 6.92 Å². The molecule has 3 aromatic rings. The molecule has 0 unspecified atom stereocenters. The maximum Gasteiger partial charge on any atom is 0.135 e. The van der Waals surface area contributed by atoms with Gasteiger partial charge in [0.25, 0.3) is 0 Å². The highest BCUT2D eigenvalue weighted by atomic mass is 16.3. The zero-order valence-electron chi connectivity index (χ0n) is 9.47. The van der Waals surface area contributed by atoms with Crippen molar-refractivity contribution in [3.63, 3.8) is 0 Å². The molecule has 1 heterocycles. The molecule has 0 bridgehead atoms. The molecule has 2 aromatic carbocycles. The number of hydrogen-bond donors (Lipinski definition) is 1. The molecular formula is C15H12O2. The third-order valence-electron chi connectivity index (χ3n) is 2.82. The fourth-order valence-electron chi connectivity index (χ4n) is 1.93. The molecule has 0 aliphatic heterocycles. The van der Waals surface area contributed by atoms with Crippen molar-refractivity contribution in [2.75, 3.05) is 0 Å². The molecule has 0 radical (unpaired) electrons. The Hall–Kier alpha value is -2.22. The summed E-state index contributed by atoms with van der Waals surface area (Å²) in [5.41, 5.74) is 3.07. The molecule has 0 amide bonds. The fourth-order valence-corrected chi connectivity index (χ4v) is 1.93. The Bertz CT molecular complexity index is 663. The Kier molecular flexibility index (Phi) is 2.15. The summed E-state index contributed by atoms with van der Waals surface area (Å²) in [5.74, 6) is 1.09. The Morgan fingerprint density at radius 2 is 1.71 bits per heavy atom. The van der Waals surface area contributed by atoms with Crippen LogP contribution < -0.4 is 0 Å². The number of phenolic OH excluding ortho intramolecular Hbond substituents is 1. The summed E-state index contributed by atoms with van der Waals surface area (Å²) >= 11 is 0. The molecular weight excluding hydrogens is 212 g/mol. The first kappa shape index (κ1) is 9.97. The highest BCUT2D eigenvalue weighted by Gasteiger charge is 2.05. The molecule has 1 aromatic heterocycles. The van der Waals surface area contributed by atoms with Crippen LogP contribution in [-0.4, -0.2) is 5.11 Å². The van der Waals surface area contributed by atoms with Gasteiger partial charge in [0.15, 0.2) is 0 Å². The lowest BCUT2D eigenvalue weighted by Crippen LogP contribution is -1.71. The molecule has 2 heteroatoms. The number of phenols is 1. The lowest BCUT2D eigenvalue weighted by Gasteiger charge is -1.95. The summed E-state index contributed by atoms with van der Waals surface area (Å²) in [6.45, 7) is 2.06. The molecule has 0 spiro atoms. The molecule has 2 nitrogen and oxygen atoms in total. The van der Waals surface area contributed by atoms with Gasteiger partial charge in [-0.05, 0) is 49.4 Å². The van der Waals surface area contributed by atoms with Crippen LogP contribution in [0.25, 0.3) is 22.3 Å². The Balaban J connectivity index is 2.14. The van der Waals surface area contributed by atoms with Gasteiger partial charge in [0.05, 0.1) is 0 Å². The number of benzene rings is 2. The second kappa shape index (κ2) is 3.67. The zero-order valence-corrected chi connectivity index (χ0v) is 9.47. The van der Waals surface area contributed by atoms with E-state index < -0.39 is 0 Å². The van der Waals surface area contributed by atoms with E-state index in [1.165, 1.54) is 5.56 Å². The molecule has 0 saturated carbocycles. The SMILES string of the molecule is Cc1ccc2oc(-c3ccc(O)cc3)cc2c1. The van der Waals surface area contributed by atoms with Crippen LogP contribution in [0.15, 0.2) is 52.9 Å². The van der Waals surface area contributed by atoms with E-state index in [1.54, 1.807) is 12.1 Å². The van der Waals surface area contributed by atoms with Gasteiger partial charge in [0, 0.05) is 10.9 Å². The van der Waals surface area contributed by atoms with Crippen molar-refractivity contribution >= 4 is 11.0 Å². The third kappa shape index (κ3) is 1.78. The predicted molar refractivity (Wildman–Crippen MR) is 68.1 cm³/mol. The molecule has 1 N–H and O–H groups in total. The van der Waals surface area contributed by atoms with Crippen LogP contribution in [0.3, 0.4) is 0 Å². The van der Waals surface area contributed by atoms with Crippen LogP contribution in [-0.2, 0) is 0 Å². The van der Waals surface area contributed by atoms with Crippen LogP contribution in [0.4, 0.5) is 0 Å². The maximum absolute atomic E-state index is 9.25. The quantitative estimate of drug-likeness (QED) is 0.674. The maximum atomic E-state index is 9.25. The number of aryl methyl sites for hydroxylation is 1. The van der Waals surface area contributed by atoms with Crippen LogP contribution in [0, 0.1) is 6.92 Å². The van der Waals surface area contributed by atoms with Gasteiger partial charge < -0.3 is 9.52 Å². The molecule has 3 rings (SSSR count). The van der Waals surface area contributed by atoms with Crippen molar-refractivity contribution < 1.29 is 9.52 Å². The first-order chi connectivity index (χ1) is 8.22. The average Bonchev–Trinajstić information content (AvgIpc) is 2.72. The van der Waals surface area contributed by atoms with Gasteiger partial charge in [-0.15, -0.1) is 0 Å². The number of hydrogen-bond acceptors (Lipinski definition) is 2. The number of fused-ring (bicyclic) bond motifs is 1. The number of rotatable bonds is 1. The zero-order chi connectivity index (χ0) is 11.8. The summed E-state index contributed by atoms with van der Waals surface area (Å²) in [7, 11) is 0. The van der Waals surface area contributed by atoms with Crippen LogP contribution in [0.1, 0.15) is 5.56 Å². The second-order valence-electron chi connectivity index (χ2n) is 4.20. The first-order valence-corrected chi connectivity index (χ1v) is 5.52. The minimum Gasteiger partial charge on any atom is -0.508 e. The average molecular weight is 224 g/mol. The molecule has 0 saturated heterocycles. The van der Waals surface area contributed by atoms with Crippen molar-refractivity contribution in [2.24, 2.45) is 0 Å². The molecule has 0 atom stereocenters. The smallest absolute Gasteiger partial charge is 0.135 e. The summed E-state index contributed by atoms with van der Waals surface area (Å²) in [6.07, 6.45) is 0. The van der Waals surface area contributed by atoms with Gasteiger partial charge >= 0.3 is 0 Å². The Labute approximate surface area is 99.1 Å². The molecule has 0 fully saturated rings. The lowest BCUT2D eigenvalue weighted by atomic mass is 10.1. The van der Waals surface area contributed by atoms with Gasteiger partial charge in [-0.25, -0.2) is 0 Å². The van der Waals surface area contributed by atoms with Crippen molar-refractivity contribution in [1.82, 2.24) is 0 Å². The predicted octanol–water partition coefficient (Wildman–Crippen LogP) is 4.11. The topological polar surface area (TPSA) is 33.4 Å². The van der Waals surface area contributed by atoms with Crippen molar-refractivity contribution in [3.05, 3.63) is 54.1 Å². The van der Waals surface area contributed by atoms with E-state index >= 15 is 0 Å². The third-order valence-corrected chi connectivity index (χ3v) is 2.82. The van der Waals surface area contributed by atoms with E-state index in [-0.39, 0.29) is 5.75 Å². The summed E-state index contributed by atoms with van der Waals surface area (Å²) < 4.78 is 5.77. The standard InChI is InChI=1S/C15H12O2/c1-10-2-7-14-12(8-10)9-15(17-14)11-3-5-13(16)6-4-11/h2-9,16H,1H3. The van der Waals surface area contributed by atoms with Gasteiger partial charge in [-0.2, -0.15) is 0 Å². The van der Waals surface area contributed by atoms with Gasteiger partial charge in [0.1, 0.15) is 17.1 Å². The summed E-state index contributed by atoms with van der Waals surface area (Å²) in [5, 5.41) is 10.4. The summed E-state index contributed by atoms with van der Waals surface area (Å²) in [6, 6.07) is 15.2. The Morgan fingerprint density at radius 3 is 2.47 bits per heavy atom. The molecule has 84 valence electrons. The molecule has 17 heavy (non-hydrogen) atoms. The van der Waals surface area contributed by atoms with Crippen LogP contribution >= 0.6 is 0 Å².